The van der Waals surface area contributed by atoms with Gasteiger partial charge in [-0.2, -0.15) is 0 Å². The molecule has 1 amide bonds. The van der Waals surface area contributed by atoms with Crippen molar-refractivity contribution in [1.29, 1.82) is 0 Å². The summed E-state index contributed by atoms with van der Waals surface area (Å²) in [5, 5.41) is 17.7. The lowest BCUT2D eigenvalue weighted by Gasteiger charge is -2.37. The number of anilines is 1. The van der Waals surface area contributed by atoms with Gasteiger partial charge in [-0.1, -0.05) is 0 Å². The summed E-state index contributed by atoms with van der Waals surface area (Å²) >= 11 is 2.16. The number of ether oxygens (including phenoxy) is 2. The fraction of sp³-hybridized carbons (Fsp3) is 0.200. The van der Waals surface area contributed by atoms with Crippen molar-refractivity contribution in [2.24, 2.45) is 0 Å². The molecule has 1 aromatic carbocycles. The van der Waals surface area contributed by atoms with E-state index in [9.17, 15) is 4.79 Å². The number of amides is 1. The van der Waals surface area contributed by atoms with E-state index in [1.807, 2.05) is 6.07 Å². The molecule has 126 valence electrons. The molecule has 3 rings (SSSR count). The van der Waals surface area contributed by atoms with Gasteiger partial charge in [-0.3, -0.25) is 10.4 Å². The van der Waals surface area contributed by atoms with Crippen molar-refractivity contribution in [3.63, 3.8) is 0 Å². The molecule has 8 nitrogen and oxygen atoms in total. The van der Waals surface area contributed by atoms with E-state index in [4.69, 9.17) is 19.9 Å². The van der Waals surface area contributed by atoms with E-state index in [1.54, 1.807) is 12.3 Å². The second-order valence-electron chi connectivity index (χ2n) is 5.11. The van der Waals surface area contributed by atoms with Gasteiger partial charge >= 0.3 is 6.09 Å². The highest BCUT2D eigenvalue weighted by molar-refractivity contribution is 14.1. The van der Waals surface area contributed by atoms with Gasteiger partial charge in [-0.25, -0.2) is 9.78 Å². The van der Waals surface area contributed by atoms with E-state index in [0.29, 0.717) is 24.7 Å². The zero-order valence-corrected chi connectivity index (χ0v) is 14.5. The SMILES string of the molecule is O=C(Oc1ccc(N(O)O)cc1)N1CC(Oc2ccc(I)cn2)C1. The third-order valence-corrected chi connectivity index (χ3v) is 4.00. The van der Waals surface area contributed by atoms with E-state index < -0.39 is 6.09 Å². The lowest BCUT2D eigenvalue weighted by molar-refractivity contribution is 0.0257. The van der Waals surface area contributed by atoms with Crippen LogP contribution in [0.1, 0.15) is 0 Å². The summed E-state index contributed by atoms with van der Waals surface area (Å²) in [6, 6.07) is 9.44. The first-order chi connectivity index (χ1) is 11.5. The molecule has 24 heavy (non-hydrogen) atoms. The second-order valence-corrected chi connectivity index (χ2v) is 6.36. The average molecular weight is 443 g/mol. The molecule has 0 aliphatic carbocycles. The van der Waals surface area contributed by atoms with Crippen molar-refractivity contribution in [3.05, 3.63) is 46.2 Å². The lowest BCUT2D eigenvalue weighted by atomic mass is 10.2. The van der Waals surface area contributed by atoms with Gasteiger partial charge in [0.25, 0.3) is 0 Å². The van der Waals surface area contributed by atoms with Crippen molar-refractivity contribution in [2.75, 3.05) is 18.3 Å². The molecule has 1 aliphatic rings. The number of halogens is 1. The topological polar surface area (TPSA) is 95.4 Å². The molecular weight excluding hydrogens is 429 g/mol. The molecule has 1 saturated heterocycles. The molecule has 0 atom stereocenters. The number of hydrogen-bond acceptors (Lipinski definition) is 7. The number of hydrogen-bond donors (Lipinski definition) is 2. The van der Waals surface area contributed by atoms with Gasteiger partial charge in [-0.05, 0) is 52.9 Å². The first-order valence-corrected chi connectivity index (χ1v) is 8.12. The van der Waals surface area contributed by atoms with E-state index >= 15 is 0 Å². The zero-order valence-electron chi connectivity index (χ0n) is 12.4. The van der Waals surface area contributed by atoms with Crippen LogP contribution in [0.4, 0.5) is 10.5 Å². The van der Waals surface area contributed by atoms with E-state index in [-0.39, 0.29) is 17.0 Å². The predicted molar refractivity (Wildman–Crippen MR) is 91.5 cm³/mol. The molecule has 1 aromatic heterocycles. The number of pyridine rings is 1. The summed E-state index contributed by atoms with van der Waals surface area (Å²) in [6.07, 6.45) is 1.12. The number of carbonyl (C=O) groups excluding carboxylic acids is 1. The molecule has 2 N–H and O–H groups in total. The van der Waals surface area contributed by atoms with Crippen LogP contribution in [0.25, 0.3) is 0 Å². The minimum atomic E-state index is -0.483. The highest BCUT2D eigenvalue weighted by atomic mass is 127. The first kappa shape index (κ1) is 16.7. The number of carbonyl (C=O) groups is 1. The number of aromatic nitrogens is 1. The summed E-state index contributed by atoms with van der Waals surface area (Å²) in [4.78, 5) is 17.6. The summed E-state index contributed by atoms with van der Waals surface area (Å²) in [5.74, 6) is 0.843. The first-order valence-electron chi connectivity index (χ1n) is 7.04. The molecule has 9 heteroatoms. The maximum absolute atomic E-state index is 12.0. The fourth-order valence-corrected chi connectivity index (χ4v) is 2.40. The van der Waals surface area contributed by atoms with Crippen LogP contribution in [0.3, 0.4) is 0 Å². The van der Waals surface area contributed by atoms with Crippen molar-refractivity contribution in [2.45, 2.75) is 6.10 Å². The highest BCUT2D eigenvalue weighted by Crippen LogP contribution is 2.21. The van der Waals surface area contributed by atoms with E-state index in [1.165, 1.54) is 29.2 Å². The summed E-state index contributed by atoms with van der Waals surface area (Å²) in [7, 11) is 0. The predicted octanol–water partition coefficient (Wildman–Crippen LogP) is 2.53. The summed E-state index contributed by atoms with van der Waals surface area (Å²) in [6.45, 7) is 0.845. The van der Waals surface area contributed by atoms with Crippen LogP contribution in [0, 0.1) is 3.57 Å². The van der Waals surface area contributed by atoms with Crippen LogP contribution < -0.4 is 14.7 Å². The molecular formula is C15H14IN3O5. The van der Waals surface area contributed by atoms with Gasteiger partial charge in [0, 0.05) is 15.8 Å². The summed E-state index contributed by atoms with van der Waals surface area (Å²) < 4.78 is 11.9. The molecule has 0 saturated carbocycles. The van der Waals surface area contributed by atoms with Crippen LogP contribution in [0.2, 0.25) is 0 Å². The van der Waals surface area contributed by atoms with Crippen molar-refractivity contribution in [3.8, 4) is 11.6 Å². The van der Waals surface area contributed by atoms with Crippen LogP contribution in [0.5, 0.6) is 11.6 Å². The molecule has 2 heterocycles. The van der Waals surface area contributed by atoms with Gasteiger partial charge in [-0.15, -0.1) is 5.23 Å². The maximum Gasteiger partial charge on any atom is 0.415 e. The Morgan fingerprint density at radius 1 is 1.21 bits per heavy atom. The van der Waals surface area contributed by atoms with Crippen LogP contribution in [0.15, 0.2) is 42.6 Å². The molecule has 0 radical (unpaired) electrons. The fourth-order valence-electron chi connectivity index (χ4n) is 2.08. The monoisotopic (exact) mass is 443 g/mol. The van der Waals surface area contributed by atoms with Crippen LogP contribution in [-0.4, -0.2) is 45.6 Å². The largest absolute Gasteiger partial charge is 0.471 e. The third kappa shape index (κ3) is 4.04. The minimum absolute atomic E-state index is 0.0123. The van der Waals surface area contributed by atoms with E-state index in [0.717, 1.165) is 3.57 Å². The number of likely N-dealkylation sites (tertiary alicyclic amines) is 1. The Morgan fingerprint density at radius 3 is 2.50 bits per heavy atom. The number of rotatable bonds is 4. The Morgan fingerprint density at radius 2 is 1.92 bits per heavy atom. The van der Waals surface area contributed by atoms with Crippen molar-refractivity contribution >= 4 is 34.4 Å². The molecule has 2 aromatic rings. The number of benzene rings is 1. The minimum Gasteiger partial charge on any atom is -0.471 e. The Labute approximate surface area is 151 Å². The molecule has 0 spiro atoms. The molecule has 0 unspecified atom stereocenters. The van der Waals surface area contributed by atoms with E-state index in [2.05, 4.69) is 27.6 Å². The smallest absolute Gasteiger partial charge is 0.415 e. The average Bonchev–Trinajstić information content (AvgIpc) is 2.52. The summed E-state index contributed by atoms with van der Waals surface area (Å²) in [5.41, 5.74) is 0.164. The van der Waals surface area contributed by atoms with Crippen LogP contribution >= 0.6 is 22.6 Å². The Kier molecular flexibility index (Phi) is 5.02. The van der Waals surface area contributed by atoms with Crippen LogP contribution in [-0.2, 0) is 0 Å². The van der Waals surface area contributed by atoms with Gasteiger partial charge < -0.3 is 14.4 Å². The molecule has 1 aliphatic heterocycles. The van der Waals surface area contributed by atoms with Crippen molar-refractivity contribution in [1.82, 2.24) is 9.88 Å². The Hall–Kier alpha value is -2.11. The Bertz CT molecular complexity index is 702. The van der Waals surface area contributed by atoms with Gasteiger partial charge in [0.15, 0.2) is 0 Å². The van der Waals surface area contributed by atoms with Gasteiger partial charge in [0.2, 0.25) is 5.88 Å². The molecule has 1 fully saturated rings. The highest BCUT2D eigenvalue weighted by Gasteiger charge is 2.34. The lowest BCUT2D eigenvalue weighted by Crippen LogP contribution is -2.57. The number of nitrogens with zero attached hydrogens (tertiary/aromatic N) is 3. The normalized spacial score (nSPS) is 14.0. The van der Waals surface area contributed by atoms with Gasteiger partial charge in [0.1, 0.15) is 11.9 Å². The second kappa shape index (κ2) is 7.20. The van der Waals surface area contributed by atoms with Crippen molar-refractivity contribution < 1.29 is 24.7 Å². The van der Waals surface area contributed by atoms with Gasteiger partial charge in [0.05, 0.1) is 18.8 Å². The quantitative estimate of drug-likeness (QED) is 0.554. The standard InChI is InChI=1S/C15H14IN3O5/c16-10-1-6-14(17-7-10)23-13-8-18(9-13)15(20)24-12-4-2-11(3-5-12)19(21)22/h1-7,13,21-22H,8-9H2. The molecule has 0 bridgehead atoms. The third-order valence-electron chi connectivity index (χ3n) is 3.37. The Balaban J connectivity index is 1.47. The zero-order chi connectivity index (χ0) is 17.1. The maximum atomic E-state index is 12.0.